The lowest BCUT2D eigenvalue weighted by Gasteiger charge is -2.42. The van der Waals surface area contributed by atoms with Crippen molar-refractivity contribution < 1.29 is 22.7 Å². The molecular formula is C31H43N5O5S. The summed E-state index contributed by atoms with van der Waals surface area (Å²) in [6.45, 7) is 15.0. The van der Waals surface area contributed by atoms with Crippen LogP contribution in [-0.2, 0) is 24.3 Å². The Morgan fingerprint density at radius 1 is 1.24 bits per heavy atom. The summed E-state index contributed by atoms with van der Waals surface area (Å²) in [5, 5.41) is 5.54. The highest BCUT2D eigenvalue weighted by Gasteiger charge is 2.52. The zero-order valence-corrected chi connectivity index (χ0v) is 25.7. The van der Waals surface area contributed by atoms with Crippen molar-refractivity contribution in [3.63, 3.8) is 0 Å². The van der Waals surface area contributed by atoms with Crippen LogP contribution in [-0.4, -0.2) is 80.0 Å². The predicted octanol–water partition coefficient (Wildman–Crippen LogP) is 2.51. The maximum Gasteiger partial charge on any atom is 0.264 e. The van der Waals surface area contributed by atoms with Gasteiger partial charge in [0.1, 0.15) is 11.6 Å². The Balaban J connectivity index is 1.54. The van der Waals surface area contributed by atoms with Crippen LogP contribution < -0.4 is 15.4 Å². The fourth-order valence-corrected chi connectivity index (χ4v) is 6.55. The van der Waals surface area contributed by atoms with Gasteiger partial charge in [0.05, 0.1) is 17.0 Å². The van der Waals surface area contributed by atoms with Crippen LogP contribution in [0.2, 0.25) is 0 Å². The van der Waals surface area contributed by atoms with Crippen molar-refractivity contribution in [1.82, 2.24) is 20.3 Å². The lowest BCUT2D eigenvalue weighted by atomic mass is 9.73. The average molecular weight is 598 g/mol. The first-order valence-corrected chi connectivity index (χ1v) is 16.1. The minimum Gasteiger partial charge on any atom is -0.473 e. The molecule has 0 aromatic heterocycles. The van der Waals surface area contributed by atoms with Gasteiger partial charge in [-0.15, -0.1) is 6.58 Å². The van der Waals surface area contributed by atoms with E-state index in [2.05, 4.69) is 28.5 Å². The fraction of sp³-hybridized carbons (Fsp3) is 0.516. The number of carbonyl (C=O) groups excluding carboxylic acids is 2. The van der Waals surface area contributed by atoms with Crippen LogP contribution >= 0.6 is 0 Å². The highest BCUT2D eigenvalue weighted by molar-refractivity contribution is 7.91. The van der Waals surface area contributed by atoms with E-state index in [0.717, 1.165) is 5.57 Å². The quantitative estimate of drug-likeness (QED) is 0.220. The maximum absolute atomic E-state index is 13.9. The molecule has 228 valence electrons. The lowest BCUT2D eigenvalue weighted by molar-refractivity contribution is -0.134. The Morgan fingerprint density at radius 2 is 1.95 bits per heavy atom. The van der Waals surface area contributed by atoms with E-state index in [0.29, 0.717) is 43.9 Å². The number of hydrogen-bond acceptors (Lipinski definition) is 8. The highest BCUT2D eigenvalue weighted by Crippen LogP contribution is 2.35. The zero-order valence-electron chi connectivity index (χ0n) is 24.9. The number of carbonyl (C=O) groups is 2. The van der Waals surface area contributed by atoms with Crippen molar-refractivity contribution in [3.05, 3.63) is 73.2 Å². The van der Waals surface area contributed by atoms with Crippen LogP contribution in [0.3, 0.4) is 0 Å². The lowest BCUT2D eigenvalue weighted by Crippen LogP contribution is -2.67. The first-order valence-electron chi connectivity index (χ1n) is 14.5. The molecule has 0 spiro atoms. The van der Waals surface area contributed by atoms with E-state index in [4.69, 9.17) is 9.73 Å². The molecule has 2 fully saturated rings. The molecular weight excluding hydrogens is 554 g/mol. The van der Waals surface area contributed by atoms with E-state index in [9.17, 15) is 18.0 Å². The molecule has 1 aliphatic heterocycles. The van der Waals surface area contributed by atoms with E-state index in [1.165, 1.54) is 12.2 Å². The second kappa shape index (κ2) is 12.9. The number of nitrogens with zero attached hydrogens (tertiary/aromatic N) is 2. The molecule has 3 aliphatic carbocycles. The average Bonchev–Trinajstić information content (AvgIpc) is 3.70. The summed E-state index contributed by atoms with van der Waals surface area (Å²) in [6.07, 6.45) is 15.3. The third-order valence-corrected chi connectivity index (χ3v) is 9.72. The molecule has 1 saturated carbocycles. The number of likely N-dealkylation sites (N-methyl/N-ethyl adjacent to an activating group) is 1. The summed E-state index contributed by atoms with van der Waals surface area (Å²) in [5.74, 6) is -1.06. The van der Waals surface area contributed by atoms with Gasteiger partial charge >= 0.3 is 0 Å². The van der Waals surface area contributed by atoms with Gasteiger partial charge in [0, 0.05) is 31.5 Å². The van der Waals surface area contributed by atoms with Gasteiger partial charge in [-0.25, -0.2) is 13.4 Å². The van der Waals surface area contributed by atoms with Crippen molar-refractivity contribution in [2.24, 2.45) is 16.8 Å². The minimum atomic E-state index is -3.80. The van der Waals surface area contributed by atoms with E-state index < -0.39 is 38.7 Å². The van der Waals surface area contributed by atoms with Crippen molar-refractivity contribution >= 4 is 27.5 Å². The Bertz CT molecular complexity index is 1360. The standard InChI is InChI=1S/C31H43N5O5S/c1-7-23-14-15-31(23,30(38)35-42(39,40)25-12-13-25)34-29(37)27-17-24(19-36(27)18-22(5)32-6)41-28(16-20(2)3)33-26-11-9-8-10-21(26)4/h7-11,14-16,20,22-25,27,32H,1,4,12-13,17-19H2,2-3,5-6H3,(H,34,37)(H,35,38). The Hall–Kier alpha value is -3.28. The summed E-state index contributed by atoms with van der Waals surface area (Å²) < 4.78 is 33.7. The molecule has 0 aromatic rings. The molecule has 2 amide bonds. The number of amides is 2. The Kier molecular flexibility index (Phi) is 9.74. The van der Waals surface area contributed by atoms with Crippen LogP contribution in [0.1, 0.15) is 40.0 Å². The van der Waals surface area contributed by atoms with E-state index in [-0.39, 0.29) is 24.0 Å². The molecule has 5 atom stereocenters. The molecule has 4 aliphatic rings. The Labute approximate surface area is 249 Å². The third kappa shape index (κ3) is 7.19. The second-order valence-electron chi connectivity index (χ2n) is 11.8. The van der Waals surface area contributed by atoms with Gasteiger partial charge in [-0.3, -0.25) is 19.2 Å². The van der Waals surface area contributed by atoms with Crippen LogP contribution in [0.15, 0.2) is 78.2 Å². The van der Waals surface area contributed by atoms with Crippen LogP contribution in [0, 0.1) is 11.8 Å². The second-order valence-corrected chi connectivity index (χ2v) is 13.7. The molecule has 42 heavy (non-hydrogen) atoms. The number of nitrogens with one attached hydrogen (secondary N) is 3. The predicted molar refractivity (Wildman–Crippen MR) is 165 cm³/mol. The molecule has 0 aromatic carbocycles. The molecule has 0 bridgehead atoms. The number of hydrogen-bond donors (Lipinski definition) is 3. The molecule has 11 heteroatoms. The number of ether oxygens (including phenoxy) is 1. The van der Waals surface area contributed by atoms with Gasteiger partial charge in [0.25, 0.3) is 5.91 Å². The third-order valence-electron chi connectivity index (χ3n) is 7.90. The Morgan fingerprint density at radius 3 is 2.52 bits per heavy atom. The van der Waals surface area contributed by atoms with E-state index in [1.54, 1.807) is 6.08 Å². The van der Waals surface area contributed by atoms with Crippen molar-refractivity contribution in [1.29, 1.82) is 0 Å². The summed E-state index contributed by atoms with van der Waals surface area (Å²) in [6, 6.07) is -0.534. The van der Waals surface area contributed by atoms with Gasteiger partial charge in [0.2, 0.25) is 21.8 Å². The van der Waals surface area contributed by atoms with Crippen LogP contribution in [0.4, 0.5) is 0 Å². The molecule has 1 heterocycles. The van der Waals surface area contributed by atoms with Crippen molar-refractivity contribution in [2.45, 2.75) is 69.0 Å². The molecule has 0 radical (unpaired) electrons. The van der Waals surface area contributed by atoms with Crippen molar-refractivity contribution in [2.75, 3.05) is 20.1 Å². The SMILES string of the molecule is C=CC1C=CC1(NC(=O)C1CC(OC(=CC(C)C)N=C2C=CC=CC2=C)CN1CC(C)NC)C(=O)NS(=O)(=O)C1CC1. The number of likely N-dealkylation sites (tertiary alicyclic amines) is 1. The molecule has 3 N–H and O–H groups in total. The summed E-state index contributed by atoms with van der Waals surface area (Å²) in [4.78, 5) is 34.0. The van der Waals surface area contributed by atoms with E-state index >= 15 is 0 Å². The van der Waals surface area contributed by atoms with Crippen LogP contribution in [0.25, 0.3) is 0 Å². The smallest absolute Gasteiger partial charge is 0.264 e. The number of aliphatic imine (C=N–C) groups is 1. The van der Waals surface area contributed by atoms with Crippen LogP contribution in [0.5, 0.6) is 0 Å². The zero-order chi connectivity index (χ0) is 30.7. The molecule has 4 rings (SSSR count). The van der Waals surface area contributed by atoms with E-state index in [1.807, 2.05) is 63.1 Å². The number of rotatable bonds is 13. The molecule has 5 unspecified atom stereocenters. The van der Waals surface area contributed by atoms with Gasteiger partial charge in [-0.1, -0.05) is 56.9 Å². The number of sulfonamides is 1. The molecule has 1 saturated heterocycles. The fourth-order valence-electron chi connectivity index (χ4n) is 5.20. The minimum absolute atomic E-state index is 0.0814. The first kappa shape index (κ1) is 31.7. The van der Waals surface area contributed by atoms with Gasteiger partial charge in [-0.05, 0) is 50.5 Å². The monoisotopic (exact) mass is 597 g/mol. The number of allylic oxidation sites excluding steroid dienone is 6. The topological polar surface area (TPSA) is 129 Å². The largest absolute Gasteiger partial charge is 0.473 e. The summed E-state index contributed by atoms with van der Waals surface area (Å²) in [7, 11) is -1.95. The van der Waals surface area contributed by atoms with Gasteiger partial charge in [-0.2, -0.15) is 0 Å². The maximum atomic E-state index is 13.9. The highest BCUT2D eigenvalue weighted by atomic mass is 32.2. The van der Waals surface area contributed by atoms with Crippen molar-refractivity contribution in [3.8, 4) is 0 Å². The summed E-state index contributed by atoms with van der Waals surface area (Å²) >= 11 is 0. The van der Waals surface area contributed by atoms with Gasteiger partial charge in [0.15, 0.2) is 0 Å². The summed E-state index contributed by atoms with van der Waals surface area (Å²) in [5.41, 5.74) is -0.0455. The molecule has 10 nitrogen and oxygen atoms in total. The first-order chi connectivity index (χ1) is 19.9. The normalized spacial score (nSPS) is 29.5. The van der Waals surface area contributed by atoms with Gasteiger partial charge < -0.3 is 15.4 Å².